The van der Waals surface area contributed by atoms with Gasteiger partial charge in [0.25, 0.3) is 5.89 Å². The first-order valence-electron chi connectivity index (χ1n) is 4.76. The number of benzene rings is 1. The van der Waals surface area contributed by atoms with Gasteiger partial charge in [-0.1, -0.05) is 0 Å². The molecular formula is C10H10N4O2S. The van der Waals surface area contributed by atoms with Gasteiger partial charge in [-0.25, -0.2) is 0 Å². The zero-order chi connectivity index (χ0) is 12.4. The molecule has 4 N–H and O–H groups in total. The van der Waals surface area contributed by atoms with E-state index in [1.165, 1.54) is 6.07 Å². The monoisotopic (exact) mass is 250 g/mol. The molecule has 0 bridgehead atoms. The number of aromatic hydroxyl groups is 1. The molecule has 0 saturated carbocycles. The summed E-state index contributed by atoms with van der Waals surface area (Å²) >= 11 is 4.73. The van der Waals surface area contributed by atoms with Gasteiger partial charge in [0.15, 0.2) is 5.11 Å². The third-order valence-electron chi connectivity index (χ3n) is 2.02. The van der Waals surface area contributed by atoms with E-state index in [4.69, 9.17) is 22.4 Å². The molecule has 0 fully saturated rings. The summed E-state index contributed by atoms with van der Waals surface area (Å²) in [6, 6.07) is 4.76. The van der Waals surface area contributed by atoms with E-state index in [0.717, 1.165) is 0 Å². The summed E-state index contributed by atoms with van der Waals surface area (Å²) < 4.78 is 5.24. The number of rotatable bonds is 2. The number of hydrogen-bond acceptors (Lipinski definition) is 5. The van der Waals surface area contributed by atoms with Crippen molar-refractivity contribution in [3.63, 3.8) is 0 Å². The normalized spacial score (nSPS) is 10.2. The van der Waals surface area contributed by atoms with Crippen LogP contribution in [0, 0.1) is 6.92 Å². The van der Waals surface area contributed by atoms with Crippen molar-refractivity contribution in [3.05, 3.63) is 24.1 Å². The van der Waals surface area contributed by atoms with E-state index in [9.17, 15) is 5.11 Å². The first kappa shape index (κ1) is 11.3. The Bertz CT molecular complexity index is 567. The second-order valence-corrected chi connectivity index (χ2v) is 3.79. The van der Waals surface area contributed by atoms with E-state index < -0.39 is 0 Å². The van der Waals surface area contributed by atoms with Gasteiger partial charge in [0, 0.05) is 12.6 Å². The largest absolute Gasteiger partial charge is 0.507 e. The highest BCUT2D eigenvalue weighted by molar-refractivity contribution is 7.80. The van der Waals surface area contributed by atoms with E-state index in [1.54, 1.807) is 19.1 Å². The van der Waals surface area contributed by atoms with Crippen molar-refractivity contribution in [1.82, 2.24) is 10.2 Å². The van der Waals surface area contributed by atoms with Crippen LogP contribution in [0.3, 0.4) is 0 Å². The molecule has 88 valence electrons. The standard InChI is InChI=1S/C10H10N4O2S/c1-5-13-14-9(16-5)7-4-6(12-10(11)17)2-3-8(7)15/h2-4,15H,1H3,(H3,11,12,17). The molecule has 0 aliphatic rings. The molecule has 2 rings (SSSR count). The predicted octanol–water partition coefficient (Wildman–Crippen LogP) is 1.41. The summed E-state index contributed by atoms with van der Waals surface area (Å²) in [4.78, 5) is 0. The van der Waals surface area contributed by atoms with E-state index in [1.807, 2.05) is 0 Å². The first-order chi connectivity index (χ1) is 8.06. The maximum Gasteiger partial charge on any atom is 0.251 e. The van der Waals surface area contributed by atoms with Crippen molar-refractivity contribution in [2.24, 2.45) is 5.73 Å². The van der Waals surface area contributed by atoms with Crippen molar-refractivity contribution >= 4 is 23.0 Å². The minimum atomic E-state index is 0.0436. The number of anilines is 1. The summed E-state index contributed by atoms with van der Waals surface area (Å²) in [5, 5.41) is 20.1. The molecule has 6 nitrogen and oxygen atoms in total. The van der Waals surface area contributed by atoms with Crippen molar-refractivity contribution < 1.29 is 9.52 Å². The molecule has 0 unspecified atom stereocenters. The molecule has 0 aliphatic carbocycles. The smallest absolute Gasteiger partial charge is 0.251 e. The Morgan fingerprint density at radius 1 is 1.47 bits per heavy atom. The van der Waals surface area contributed by atoms with Gasteiger partial charge in [-0.05, 0) is 30.4 Å². The maximum absolute atomic E-state index is 9.71. The molecular weight excluding hydrogens is 240 g/mol. The molecule has 0 aliphatic heterocycles. The molecule has 2 aromatic rings. The van der Waals surface area contributed by atoms with E-state index in [-0.39, 0.29) is 16.8 Å². The number of aryl methyl sites for hydroxylation is 1. The third kappa shape index (κ3) is 2.51. The molecule has 17 heavy (non-hydrogen) atoms. The number of hydrogen-bond donors (Lipinski definition) is 3. The van der Waals surface area contributed by atoms with Crippen LogP contribution < -0.4 is 11.1 Å². The van der Waals surface area contributed by atoms with Crippen molar-refractivity contribution in [2.45, 2.75) is 6.92 Å². The van der Waals surface area contributed by atoms with Crippen LogP contribution in [0.2, 0.25) is 0 Å². The van der Waals surface area contributed by atoms with Gasteiger partial charge >= 0.3 is 0 Å². The van der Waals surface area contributed by atoms with Crippen molar-refractivity contribution in [2.75, 3.05) is 5.32 Å². The Morgan fingerprint density at radius 2 is 2.24 bits per heavy atom. The molecule has 0 amide bonds. The minimum absolute atomic E-state index is 0.0436. The zero-order valence-electron chi connectivity index (χ0n) is 8.97. The van der Waals surface area contributed by atoms with Gasteiger partial charge in [-0.15, -0.1) is 10.2 Å². The first-order valence-corrected chi connectivity index (χ1v) is 5.17. The number of nitrogens with one attached hydrogen (secondary N) is 1. The number of thiocarbonyl (C=S) groups is 1. The molecule has 1 aromatic carbocycles. The molecule has 0 atom stereocenters. The average molecular weight is 250 g/mol. The van der Waals surface area contributed by atoms with Crippen LogP contribution in [0.15, 0.2) is 22.6 Å². The highest BCUT2D eigenvalue weighted by Crippen LogP contribution is 2.30. The van der Waals surface area contributed by atoms with Crippen LogP contribution in [-0.2, 0) is 0 Å². The highest BCUT2D eigenvalue weighted by atomic mass is 32.1. The van der Waals surface area contributed by atoms with Crippen LogP contribution in [0.25, 0.3) is 11.5 Å². The Morgan fingerprint density at radius 3 is 2.82 bits per heavy atom. The third-order valence-corrected chi connectivity index (χ3v) is 2.12. The van der Waals surface area contributed by atoms with Gasteiger partial charge in [0.05, 0.1) is 5.56 Å². The quantitative estimate of drug-likeness (QED) is 0.547. The molecule has 1 heterocycles. The Balaban J connectivity index is 2.42. The Hall–Kier alpha value is -2.15. The second-order valence-electron chi connectivity index (χ2n) is 3.35. The maximum atomic E-state index is 9.71. The summed E-state index contributed by atoms with van der Waals surface area (Å²) in [6.45, 7) is 1.67. The topological polar surface area (TPSA) is 97.2 Å². The Labute approximate surface area is 102 Å². The fraction of sp³-hybridized carbons (Fsp3) is 0.100. The molecule has 0 saturated heterocycles. The van der Waals surface area contributed by atoms with Crippen LogP contribution in [0.5, 0.6) is 5.75 Å². The van der Waals surface area contributed by atoms with Gasteiger partial charge in [-0.2, -0.15) is 0 Å². The number of nitrogens with zero attached hydrogens (tertiary/aromatic N) is 2. The SMILES string of the molecule is Cc1nnc(-c2cc(NC(N)=S)ccc2O)o1. The fourth-order valence-corrected chi connectivity index (χ4v) is 1.45. The number of nitrogens with two attached hydrogens (primary N) is 1. The lowest BCUT2D eigenvalue weighted by molar-refractivity contribution is 0.471. The van der Waals surface area contributed by atoms with E-state index in [0.29, 0.717) is 17.1 Å². The van der Waals surface area contributed by atoms with Crippen LogP contribution in [0.4, 0.5) is 5.69 Å². The lowest BCUT2D eigenvalue weighted by atomic mass is 10.2. The zero-order valence-corrected chi connectivity index (χ0v) is 9.78. The van der Waals surface area contributed by atoms with E-state index >= 15 is 0 Å². The van der Waals surface area contributed by atoms with Crippen molar-refractivity contribution in [1.29, 1.82) is 0 Å². The van der Waals surface area contributed by atoms with Gasteiger partial charge in [-0.3, -0.25) is 0 Å². The fourth-order valence-electron chi connectivity index (χ4n) is 1.33. The van der Waals surface area contributed by atoms with Crippen LogP contribution >= 0.6 is 12.2 Å². The number of aromatic nitrogens is 2. The minimum Gasteiger partial charge on any atom is -0.507 e. The van der Waals surface area contributed by atoms with E-state index in [2.05, 4.69) is 15.5 Å². The lowest BCUT2D eigenvalue weighted by Gasteiger charge is -2.06. The van der Waals surface area contributed by atoms with Gasteiger partial charge < -0.3 is 20.6 Å². The number of phenols is 1. The van der Waals surface area contributed by atoms with Crippen LogP contribution in [-0.4, -0.2) is 20.4 Å². The van der Waals surface area contributed by atoms with Gasteiger partial charge in [0.2, 0.25) is 5.89 Å². The summed E-state index contributed by atoms with van der Waals surface area (Å²) in [6.07, 6.45) is 0. The van der Waals surface area contributed by atoms with Crippen LogP contribution in [0.1, 0.15) is 5.89 Å². The Kier molecular flexibility index (Phi) is 2.92. The summed E-state index contributed by atoms with van der Waals surface area (Å²) in [5.41, 5.74) is 6.42. The molecule has 7 heteroatoms. The summed E-state index contributed by atoms with van der Waals surface area (Å²) in [5.74, 6) is 0.709. The second kappa shape index (κ2) is 4.38. The number of phenolic OH excluding ortho intramolecular Hbond substituents is 1. The molecule has 1 aromatic heterocycles. The average Bonchev–Trinajstić information content (AvgIpc) is 2.67. The predicted molar refractivity (Wildman–Crippen MR) is 66.5 cm³/mol. The lowest BCUT2D eigenvalue weighted by Crippen LogP contribution is -2.18. The molecule has 0 spiro atoms. The van der Waals surface area contributed by atoms with Crippen molar-refractivity contribution in [3.8, 4) is 17.2 Å². The molecule has 0 radical (unpaired) electrons. The highest BCUT2D eigenvalue weighted by Gasteiger charge is 2.12. The summed E-state index contributed by atoms with van der Waals surface area (Å²) in [7, 11) is 0. The van der Waals surface area contributed by atoms with Gasteiger partial charge in [0.1, 0.15) is 5.75 Å².